The highest BCUT2D eigenvalue weighted by Crippen LogP contribution is 2.25. The fourth-order valence-electron chi connectivity index (χ4n) is 1.69. The average molecular weight is 233 g/mol. The molecule has 2 rings (SSSR count). The minimum Gasteiger partial charge on any atom is -0.506 e. The Morgan fingerprint density at radius 3 is 2.82 bits per heavy atom. The summed E-state index contributed by atoms with van der Waals surface area (Å²) in [5.41, 5.74) is 3.29. The summed E-state index contributed by atoms with van der Waals surface area (Å²) in [7, 11) is 3.51. The Balaban J connectivity index is 2.48. The van der Waals surface area contributed by atoms with Crippen LogP contribution in [-0.2, 0) is 18.4 Å². The number of hydrogen-bond acceptors (Lipinski definition) is 4. The number of methoxy groups -OCH3 is 1. The molecule has 5 nitrogen and oxygen atoms in total. The van der Waals surface area contributed by atoms with Gasteiger partial charge in [-0.3, -0.25) is 4.68 Å². The van der Waals surface area contributed by atoms with E-state index >= 15 is 0 Å². The van der Waals surface area contributed by atoms with Crippen LogP contribution < -0.4 is 0 Å². The van der Waals surface area contributed by atoms with Gasteiger partial charge in [-0.15, -0.1) is 0 Å². The van der Waals surface area contributed by atoms with E-state index in [0.717, 1.165) is 17.0 Å². The van der Waals surface area contributed by atoms with Gasteiger partial charge >= 0.3 is 0 Å². The molecule has 0 aliphatic carbocycles. The topological polar surface area (TPSA) is 60.2 Å². The lowest BCUT2D eigenvalue weighted by atomic mass is 10.1. The van der Waals surface area contributed by atoms with E-state index < -0.39 is 0 Å². The molecule has 0 amide bonds. The van der Waals surface area contributed by atoms with Crippen molar-refractivity contribution in [3.05, 3.63) is 29.7 Å². The van der Waals surface area contributed by atoms with Crippen LogP contribution >= 0.6 is 0 Å². The van der Waals surface area contributed by atoms with E-state index in [2.05, 4.69) is 10.1 Å². The zero-order chi connectivity index (χ0) is 12.4. The van der Waals surface area contributed by atoms with Crippen LogP contribution in [0, 0.1) is 6.92 Å². The van der Waals surface area contributed by atoms with Gasteiger partial charge in [0.1, 0.15) is 5.75 Å². The molecule has 0 bridgehead atoms. The van der Waals surface area contributed by atoms with E-state index in [9.17, 15) is 5.11 Å². The van der Waals surface area contributed by atoms with E-state index in [4.69, 9.17) is 4.74 Å². The zero-order valence-corrected chi connectivity index (χ0v) is 10.1. The van der Waals surface area contributed by atoms with Gasteiger partial charge in [-0.05, 0) is 19.1 Å². The van der Waals surface area contributed by atoms with Crippen LogP contribution in [0.15, 0.2) is 18.3 Å². The molecule has 0 aliphatic heterocycles. The Kier molecular flexibility index (Phi) is 3.10. The molecule has 2 heterocycles. The van der Waals surface area contributed by atoms with Crippen molar-refractivity contribution < 1.29 is 9.84 Å². The number of nitrogens with zero attached hydrogens (tertiary/aromatic N) is 3. The lowest BCUT2D eigenvalue weighted by Gasteiger charge is -2.06. The van der Waals surface area contributed by atoms with Crippen LogP contribution in [0.5, 0.6) is 5.75 Å². The summed E-state index contributed by atoms with van der Waals surface area (Å²) in [4.78, 5) is 4.34. The molecule has 0 aromatic carbocycles. The fraction of sp³-hybridized carbons (Fsp3) is 0.333. The van der Waals surface area contributed by atoms with E-state index in [0.29, 0.717) is 12.3 Å². The van der Waals surface area contributed by atoms with Crippen molar-refractivity contribution in [3.63, 3.8) is 0 Å². The molecule has 0 fully saturated rings. The molecular weight excluding hydrogens is 218 g/mol. The average Bonchev–Trinajstić information content (AvgIpc) is 2.66. The molecule has 0 radical (unpaired) electrons. The Hall–Kier alpha value is -1.88. The van der Waals surface area contributed by atoms with Crippen molar-refractivity contribution in [2.45, 2.75) is 13.5 Å². The van der Waals surface area contributed by atoms with Crippen molar-refractivity contribution in [2.24, 2.45) is 7.05 Å². The third kappa shape index (κ3) is 2.14. The lowest BCUT2D eigenvalue weighted by Crippen LogP contribution is -2.01. The number of pyridine rings is 1. The normalized spacial score (nSPS) is 10.8. The third-order valence-corrected chi connectivity index (χ3v) is 2.68. The van der Waals surface area contributed by atoms with E-state index in [1.54, 1.807) is 37.0 Å². The summed E-state index contributed by atoms with van der Waals surface area (Å²) in [6.07, 6.45) is 1.76. The van der Waals surface area contributed by atoms with Gasteiger partial charge in [0, 0.05) is 19.7 Å². The quantitative estimate of drug-likeness (QED) is 0.875. The first-order chi connectivity index (χ1) is 8.13. The van der Waals surface area contributed by atoms with Gasteiger partial charge in [-0.25, -0.2) is 4.98 Å². The maximum Gasteiger partial charge on any atom is 0.136 e. The highest BCUT2D eigenvalue weighted by molar-refractivity contribution is 5.62. The van der Waals surface area contributed by atoms with Gasteiger partial charge in [0.05, 0.1) is 29.9 Å². The maximum atomic E-state index is 9.46. The van der Waals surface area contributed by atoms with Crippen molar-refractivity contribution in [1.82, 2.24) is 14.8 Å². The summed E-state index contributed by atoms with van der Waals surface area (Å²) >= 11 is 0. The Morgan fingerprint density at radius 1 is 1.41 bits per heavy atom. The summed E-state index contributed by atoms with van der Waals surface area (Å²) in [5.74, 6) is 0.200. The minimum atomic E-state index is 0.200. The van der Waals surface area contributed by atoms with E-state index in [1.165, 1.54) is 0 Å². The van der Waals surface area contributed by atoms with Crippen LogP contribution in [0.4, 0.5) is 0 Å². The lowest BCUT2D eigenvalue weighted by molar-refractivity contribution is 0.178. The molecule has 0 atom stereocenters. The second-order valence-electron chi connectivity index (χ2n) is 3.86. The molecule has 17 heavy (non-hydrogen) atoms. The number of rotatable bonds is 3. The molecular formula is C12H15N3O2. The van der Waals surface area contributed by atoms with Crippen LogP contribution in [0.1, 0.15) is 11.4 Å². The summed E-state index contributed by atoms with van der Waals surface area (Å²) in [5, 5.41) is 13.7. The molecule has 0 unspecified atom stereocenters. The van der Waals surface area contributed by atoms with Gasteiger partial charge in [0.15, 0.2) is 0 Å². The van der Waals surface area contributed by atoms with Crippen molar-refractivity contribution in [2.75, 3.05) is 7.11 Å². The number of ether oxygens (including phenoxy) is 1. The van der Waals surface area contributed by atoms with Gasteiger partial charge < -0.3 is 9.84 Å². The molecule has 2 aromatic heterocycles. The van der Waals surface area contributed by atoms with E-state index in [1.807, 2.05) is 7.05 Å². The van der Waals surface area contributed by atoms with Crippen LogP contribution in [0.2, 0.25) is 0 Å². The summed E-state index contributed by atoms with van der Waals surface area (Å²) < 4.78 is 6.91. The number of aryl methyl sites for hydroxylation is 2. The highest BCUT2D eigenvalue weighted by Gasteiger charge is 2.12. The molecule has 0 saturated carbocycles. The minimum absolute atomic E-state index is 0.200. The van der Waals surface area contributed by atoms with Crippen molar-refractivity contribution >= 4 is 0 Å². The predicted octanol–water partition coefficient (Wildman–Crippen LogP) is 1.64. The third-order valence-electron chi connectivity index (χ3n) is 2.68. The predicted molar refractivity (Wildman–Crippen MR) is 63.6 cm³/mol. The molecule has 1 N–H and O–H groups in total. The first-order valence-electron chi connectivity index (χ1n) is 5.30. The second kappa shape index (κ2) is 4.55. The first kappa shape index (κ1) is 11.6. The molecule has 0 spiro atoms. The first-order valence-corrected chi connectivity index (χ1v) is 5.30. The summed E-state index contributed by atoms with van der Waals surface area (Å²) in [6, 6.07) is 3.42. The molecule has 5 heteroatoms. The van der Waals surface area contributed by atoms with Gasteiger partial charge in [0.25, 0.3) is 0 Å². The highest BCUT2D eigenvalue weighted by atomic mass is 16.5. The molecule has 0 saturated heterocycles. The van der Waals surface area contributed by atoms with Crippen LogP contribution in [0.25, 0.3) is 11.3 Å². The van der Waals surface area contributed by atoms with E-state index in [-0.39, 0.29) is 5.75 Å². The molecule has 0 aliphatic rings. The van der Waals surface area contributed by atoms with Crippen molar-refractivity contribution in [1.29, 1.82) is 0 Å². The fourth-order valence-corrected chi connectivity index (χ4v) is 1.69. The Morgan fingerprint density at radius 2 is 2.18 bits per heavy atom. The Labute approximate surface area is 99.7 Å². The largest absolute Gasteiger partial charge is 0.506 e. The number of aromatic hydroxyl groups is 1. The SMILES string of the molecule is COCc1c(-c2ccc(O)c(C)n2)cnn1C. The van der Waals surface area contributed by atoms with Crippen molar-refractivity contribution in [3.8, 4) is 17.0 Å². The standard InChI is InChI=1S/C12H15N3O2/c1-8-12(16)5-4-10(14-8)9-6-13-15(2)11(9)7-17-3/h4-6,16H,7H2,1-3H3. The molecule has 90 valence electrons. The number of aromatic nitrogens is 3. The van der Waals surface area contributed by atoms with Gasteiger partial charge in [0.2, 0.25) is 0 Å². The zero-order valence-electron chi connectivity index (χ0n) is 10.1. The Bertz CT molecular complexity index is 535. The van der Waals surface area contributed by atoms with Crippen LogP contribution in [-0.4, -0.2) is 27.0 Å². The number of hydrogen-bond donors (Lipinski definition) is 1. The second-order valence-corrected chi connectivity index (χ2v) is 3.86. The smallest absolute Gasteiger partial charge is 0.136 e. The summed E-state index contributed by atoms with van der Waals surface area (Å²) in [6.45, 7) is 2.25. The maximum absolute atomic E-state index is 9.46. The monoisotopic (exact) mass is 233 g/mol. The molecule has 2 aromatic rings. The van der Waals surface area contributed by atoms with Gasteiger partial charge in [-0.2, -0.15) is 5.10 Å². The van der Waals surface area contributed by atoms with Crippen LogP contribution in [0.3, 0.4) is 0 Å². The van der Waals surface area contributed by atoms with Gasteiger partial charge in [-0.1, -0.05) is 0 Å².